The van der Waals surface area contributed by atoms with Gasteiger partial charge in [-0.2, -0.15) is 0 Å². The van der Waals surface area contributed by atoms with Crippen LogP contribution in [0.3, 0.4) is 0 Å². The van der Waals surface area contributed by atoms with Gasteiger partial charge in [-0.25, -0.2) is 0 Å². The Balaban J connectivity index is 1.97. The van der Waals surface area contributed by atoms with Crippen LogP contribution in [0.1, 0.15) is 25.1 Å². The normalized spacial score (nSPS) is 25.4. The molecule has 1 fully saturated rings. The summed E-state index contributed by atoms with van der Waals surface area (Å²) >= 11 is 0. The fourth-order valence-electron chi connectivity index (χ4n) is 2.12. The maximum atomic E-state index is 5.66. The molecule has 1 saturated heterocycles. The van der Waals surface area contributed by atoms with Crippen molar-refractivity contribution in [2.75, 3.05) is 19.6 Å². The van der Waals surface area contributed by atoms with Crippen molar-refractivity contribution in [1.29, 1.82) is 0 Å². The van der Waals surface area contributed by atoms with Gasteiger partial charge in [-0.3, -0.25) is 4.90 Å². The molecule has 1 aromatic heterocycles. The van der Waals surface area contributed by atoms with E-state index in [9.17, 15) is 0 Å². The van der Waals surface area contributed by atoms with E-state index in [1.807, 2.05) is 12.1 Å². The van der Waals surface area contributed by atoms with E-state index in [-0.39, 0.29) is 0 Å². The molecule has 1 aliphatic rings. The van der Waals surface area contributed by atoms with Crippen LogP contribution >= 0.6 is 0 Å². The summed E-state index contributed by atoms with van der Waals surface area (Å²) in [6.07, 6.45) is 2.96. The molecule has 78 valence electrons. The third-order valence-corrected chi connectivity index (χ3v) is 3.15. The molecule has 2 heterocycles. The van der Waals surface area contributed by atoms with Crippen LogP contribution in [-0.4, -0.2) is 24.5 Å². The van der Waals surface area contributed by atoms with Gasteiger partial charge in [0.15, 0.2) is 0 Å². The minimum absolute atomic E-state index is 0.390. The zero-order valence-electron chi connectivity index (χ0n) is 8.65. The second kappa shape index (κ2) is 4.15. The summed E-state index contributed by atoms with van der Waals surface area (Å²) in [7, 11) is 0. The highest BCUT2D eigenvalue weighted by Gasteiger charge is 2.26. The molecule has 0 radical (unpaired) electrons. The van der Waals surface area contributed by atoms with Gasteiger partial charge in [0.05, 0.1) is 12.3 Å². The molecule has 3 nitrogen and oxygen atoms in total. The molecular weight excluding hydrogens is 176 g/mol. The third-order valence-electron chi connectivity index (χ3n) is 3.15. The Bertz CT molecular complexity index is 271. The van der Waals surface area contributed by atoms with E-state index in [1.165, 1.54) is 6.42 Å². The molecule has 2 atom stereocenters. The van der Waals surface area contributed by atoms with Crippen molar-refractivity contribution in [2.45, 2.75) is 19.4 Å². The average molecular weight is 194 g/mol. The van der Waals surface area contributed by atoms with Crippen LogP contribution in [0.4, 0.5) is 0 Å². The summed E-state index contributed by atoms with van der Waals surface area (Å²) in [4.78, 5) is 2.44. The van der Waals surface area contributed by atoms with Crippen LogP contribution < -0.4 is 5.73 Å². The number of nitrogens with two attached hydrogens (primary N) is 1. The summed E-state index contributed by atoms with van der Waals surface area (Å²) in [5.74, 6) is 1.73. The molecule has 0 saturated carbocycles. The molecule has 2 rings (SSSR count). The summed E-state index contributed by atoms with van der Waals surface area (Å²) in [5, 5.41) is 0. The van der Waals surface area contributed by atoms with Crippen LogP contribution in [0.25, 0.3) is 0 Å². The minimum Gasteiger partial charge on any atom is -0.468 e. The van der Waals surface area contributed by atoms with E-state index in [1.54, 1.807) is 6.26 Å². The first-order valence-corrected chi connectivity index (χ1v) is 5.28. The second-order valence-electron chi connectivity index (χ2n) is 4.08. The van der Waals surface area contributed by atoms with Crippen molar-refractivity contribution in [2.24, 2.45) is 11.7 Å². The first kappa shape index (κ1) is 9.74. The van der Waals surface area contributed by atoms with Crippen molar-refractivity contribution in [3.63, 3.8) is 0 Å². The zero-order chi connectivity index (χ0) is 9.97. The van der Waals surface area contributed by atoms with Gasteiger partial charge in [0.1, 0.15) is 5.76 Å². The van der Waals surface area contributed by atoms with Crippen LogP contribution in [0.2, 0.25) is 0 Å². The molecule has 1 aliphatic heterocycles. The number of hydrogen-bond acceptors (Lipinski definition) is 3. The molecule has 0 spiro atoms. The minimum atomic E-state index is 0.390. The topological polar surface area (TPSA) is 42.4 Å². The number of furan rings is 1. The molecule has 0 bridgehead atoms. The molecule has 0 aromatic carbocycles. The average Bonchev–Trinajstić information content (AvgIpc) is 2.88. The Morgan fingerprint density at radius 3 is 3.14 bits per heavy atom. The van der Waals surface area contributed by atoms with Gasteiger partial charge in [-0.1, -0.05) is 0 Å². The molecule has 3 heteroatoms. The Hall–Kier alpha value is -0.800. The van der Waals surface area contributed by atoms with Crippen molar-refractivity contribution in [3.8, 4) is 0 Å². The highest BCUT2D eigenvalue weighted by molar-refractivity contribution is 5.04. The van der Waals surface area contributed by atoms with Gasteiger partial charge in [0.2, 0.25) is 0 Å². The van der Waals surface area contributed by atoms with Crippen molar-refractivity contribution in [1.82, 2.24) is 4.90 Å². The summed E-state index contributed by atoms with van der Waals surface area (Å²) in [5.41, 5.74) is 5.66. The first-order valence-electron chi connectivity index (χ1n) is 5.28. The first-order chi connectivity index (χ1) is 6.81. The number of hydrogen-bond donors (Lipinski definition) is 1. The Morgan fingerprint density at radius 1 is 1.71 bits per heavy atom. The second-order valence-corrected chi connectivity index (χ2v) is 4.08. The molecule has 2 N–H and O–H groups in total. The van der Waals surface area contributed by atoms with E-state index in [2.05, 4.69) is 11.8 Å². The van der Waals surface area contributed by atoms with Gasteiger partial charge in [0, 0.05) is 6.54 Å². The Labute approximate surface area is 84.9 Å². The van der Waals surface area contributed by atoms with Crippen LogP contribution in [0, 0.1) is 5.92 Å². The van der Waals surface area contributed by atoms with E-state index < -0.39 is 0 Å². The van der Waals surface area contributed by atoms with Crippen molar-refractivity contribution in [3.05, 3.63) is 24.2 Å². The number of nitrogens with zero attached hydrogens (tertiary/aromatic N) is 1. The maximum Gasteiger partial charge on any atom is 0.120 e. The van der Waals surface area contributed by atoms with Crippen LogP contribution in [-0.2, 0) is 0 Å². The molecule has 1 aromatic rings. The standard InChI is InChI=1S/C11H18N2O/c1-9(11-3-2-6-14-11)13-5-4-10(7-12)8-13/h2-3,6,9-10H,4-5,7-8,12H2,1H3/t9-,10+/m1/s1. The van der Waals surface area contributed by atoms with E-state index in [0.717, 1.165) is 25.4 Å². The van der Waals surface area contributed by atoms with E-state index in [4.69, 9.17) is 10.2 Å². The van der Waals surface area contributed by atoms with Crippen molar-refractivity contribution >= 4 is 0 Å². The highest BCUT2D eigenvalue weighted by Crippen LogP contribution is 2.26. The third kappa shape index (κ3) is 1.83. The Morgan fingerprint density at radius 2 is 2.57 bits per heavy atom. The molecule has 0 amide bonds. The molecule has 0 unspecified atom stereocenters. The number of likely N-dealkylation sites (tertiary alicyclic amines) is 1. The number of rotatable bonds is 3. The largest absolute Gasteiger partial charge is 0.468 e. The lowest BCUT2D eigenvalue weighted by atomic mass is 10.1. The van der Waals surface area contributed by atoms with Gasteiger partial charge in [-0.15, -0.1) is 0 Å². The summed E-state index contributed by atoms with van der Waals surface area (Å²) in [6.45, 7) is 5.25. The summed E-state index contributed by atoms with van der Waals surface area (Å²) < 4.78 is 5.40. The predicted molar refractivity (Wildman–Crippen MR) is 55.9 cm³/mol. The van der Waals surface area contributed by atoms with Gasteiger partial charge in [-0.05, 0) is 44.5 Å². The molecule has 14 heavy (non-hydrogen) atoms. The highest BCUT2D eigenvalue weighted by atomic mass is 16.3. The summed E-state index contributed by atoms with van der Waals surface area (Å²) in [6, 6.07) is 4.38. The predicted octanol–water partition coefficient (Wildman–Crippen LogP) is 1.62. The van der Waals surface area contributed by atoms with Crippen molar-refractivity contribution < 1.29 is 4.42 Å². The van der Waals surface area contributed by atoms with Crippen LogP contribution in [0.5, 0.6) is 0 Å². The monoisotopic (exact) mass is 194 g/mol. The molecular formula is C11H18N2O. The fourth-order valence-corrected chi connectivity index (χ4v) is 2.12. The zero-order valence-corrected chi connectivity index (χ0v) is 8.65. The lowest BCUT2D eigenvalue weighted by Crippen LogP contribution is -2.25. The smallest absolute Gasteiger partial charge is 0.120 e. The lowest BCUT2D eigenvalue weighted by molar-refractivity contribution is 0.224. The lowest BCUT2D eigenvalue weighted by Gasteiger charge is -2.22. The SMILES string of the molecule is C[C@H](c1ccco1)N1CC[C@@H](CN)C1. The van der Waals surface area contributed by atoms with Crippen LogP contribution in [0.15, 0.2) is 22.8 Å². The van der Waals surface area contributed by atoms with Gasteiger partial charge < -0.3 is 10.2 Å². The van der Waals surface area contributed by atoms with Gasteiger partial charge >= 0.3 is 0 Å². The molecule has 0 aliphatic carbocycles. The van der Waals surface area contributed by atoms with E-state index in [0.29, 0.717) is 12.0 Å². The Kier molecular flexibility index (Phi) is 2.89. The van der Waals surface area contributed by atoms with Gasteiger partial charge in [0.25, 0.3) is 0 Å². The maximum absolute atomic E-state index is 5.66. The van der Waals surface area contributed by atoms with E-state index >= 15 is 0 Å². The fraction of sp³-hybridized carbons (Fsp3) is 0.636. The quantitative estimate of drug-likeness (QED) is 0.795.